The van der Waals surface area contributed by atoms with Crippen molar-refractivity contribution >= 4 is 27.5 Å². The van der Waals surface area contributed by atoms with Crippen molar-refractivity contribution in [2.24, 2.45) is 0 Å². The van der Waals surface area contributed by atoms with Gasteiger partial charge < -0.3 is 15.4 Å². The molecule has 0 atom stereocenters. The van der Waals surface area contributed by atoms with Gasteiger partial charge in [0, 0.05) is 39.0 Å². The van der Waals surface area contributed by atoms with E-state index in [1.807, 2.05) is 0 Å². The summed E-state index contributed by atoms with van der Waals surface area (Å²) < 4.78 is 31.1. The highest BCUT2D eigenvalue weighted by Crippen LogP contribution is 2.19. The summed E-state index contributed by atoms with van der Waals surface area (Å²) >= 11 is 0. The SMILES string of the molecule is CCN(CC)S(=O)(=O)c1cccc(NC(=O)C(=O)NCCCOC)c1. The van der Waals surface area contributed by atoms with Crippen LogP contribution in [-0.2, 0) is 24.3 Å². The molecule has 0 heterocycles. The first-order chi connectivity index (χ1) is 11.9. The number of anilines is 1. The molecule has 8 nitrogen and oxygen atoms in total. The molecule has 0 aliphatic rings. The van der Waals surface area contributed by atoms with Crippen LogP contribution in [0.5, 0.6) is 0 Å². The average Bonchev–Trinajstić information content (AvgIpc) is 2.59. The zero-order valence-corrected chi connectivity index (χ0v) is 15.6. The Hall–Kier alpha value is -1.97. The number of nitrogens with zero attached hydrogens (tertiary/aromatic N) is 1. The van der Waals surface area contributed by atoms with E-state index in [0.717, 1.165) is 0 Å². The third kappa shape index (κ3) is 6.11. The standard InChI is InChI=1S/C16H25N3O5S/c1-4-19(5-2)25(22,23)14-9-6-8-13(12-14)18-16(21)15(20)17-10-7-11-24-3/h6,8-9,12H,4-5,7,10-11H2,1-3H3,(H,17,20)(H,18,21). The van der Waals surface area contributed by atoms with Crippen molar-refractivity contribution in [1.29, 1.82) is 0 Å². The molecule has 1 rings (SSSR count). The third-order valence-electron chi connectivity index (χ3n) is 3.45. The van der Waals surface area contributed by atoms with Crippen molar-refractivity contribution < 1.29 is 22.7 Å². The summed E-state index contributed by atoms with van der Waals surface area (Å²) in [5.41, 5.74) is 0.241. The summed E-state index contributed by atoms with van der Waals surface area (Å²) in [6.45, 7) is 4.99. The number of carbonyl (C=O) groups is 2. The number of nitrogens with one attached hydrogen (secondary N) is 2. The van der Waals surface area contributed by atoms with E-state index < -0.39 is 21.8 Å². The van der Waals surface area contributed by atoms with Crippen LogP contribution in [0.3, 0.4) is 0 Å². The van der Waals surface area contributed by atoms with Gasteiger partial charge in [-0.3, -0.25) is 9.59 Å². The van der Waals surface area contributed by atoms with Gasteiger partial charge in [-0.15, -0.1) is 0 Å². The summed E-state index contributed by atoms with van der Waals surface area (Å²) in [4.78, 5) is 23.6. The maximum atomic E-state index is 12.5. The Morgan fingerprint density at radius 1 is 1.16 bits per heavy atom. The molecule has 0 bridgehead atoms. The van der Waals surface area contributed by atoms with Crippen molar-refractivity contribution in [3.05, 3.63) is 24.3 Å². The molecule has 0 aliphatic carbocycles. The van der Waals surface area contributed by atoms with Crippen LogP contribution in [0.1, 0.15) is 20.3 Å². The minimum absolute atomic E-state index is 0.0644. The number of sulfonamides is 1. The van der Waals surface area contributed by atoms with Gasteiger partial charge >= 0.3 is 11.8 Å². The predicted molar refractivity (Wildman–Crippen MR) is 94.7 cm³/mol. The molecule has 0 unspecified atom stereocenters. The lowest BCUT2D eigenvalue weighted by atomic mass is 10.3. The van der Waals surface area contributed by atoms with E-state index in [1.54, 1.807) is 21.0 Å². The molecule has 0 aromatic heterocycles. The molecule has 0 spiro atoms. The first-order valence-corrected chi connectivity index (χ1v) is 9.49. The maximum absolute atomic E-state index is 12.5. The van der Waals surface area contributed by atoms with E-state index in [0.29, 0.717) is 32.7 Å². The molecule has 0 radical (unpaired) electrons. The summed E-state index contributed by atoms with van der Waals surface area (Å²) in [6, 6.07) is 5.83. The van der Waals surface area contributed by atoms with Gasteiger partial charge in [0.1, 0.15) is 0 Å². The molecule has 1 aromatic rings. The van der Waals surface area contributed by atoms with Crippen molar-refractivity contribution in [2.45, 2.75) is 25.2 Å². The quantitative estimate of drug-likeness (QED) is 0.494. The highest BCUT2D eigenvalue weighted by molar-refractivity contribution is 7.89. The van der Waals surface area contributed by atoms with E-state index in [2.05, 4.69) is 10.6 Å². The first-order valence-electron chi connectivity index (χ1n) is 8.05. The summed E-state index contributed by atoms with van der Waals surface area (Å²) in [7, 11) is -2.08. The Bertz CT molecular complexity index is 687. The highest BCUT2D eigenvalue weighted by Gasteiger charge is 2.22. The molecule has 1 aromatic carbocycles. The first kappa shape index (κ1) is 21.1. The Morgan fingerprint density at radius 2 is 1.84 bits per heavy atom. The van der Waals surface area contributed by atoms with E-state index >= 15 is 0 Å². The number of amides is 2. The summed E-state index contributed by atoms with van der Waals surface area (Å²) in [5, 5.41) is 4.87. The van der Waals surface area contributed by atoms with Gasteiger partial charge in [0.25, 0.3) is 0 Å². The molecular weight excluding hydrogens is 346 g/mol. The number of hydrogen-bond acceptors (Lipinski definition) is 5. The monoisotopic (exact) mass is 371 g/mol. The lowest BCUT2D eigenvalue weighted by Gasteiger charge is -2.18. The molecule has 2 amide bonds. The van der Waals surface area contributed by atoms with E-state index in [-0.39, 0.29) is 10.6 Å². The second kappa shape index (κ2) is 10.1. The van der Waals surface area contributed by atoms with Gasteiger partial charge in [-0.2, -0.15) is 4.31 Å². The minimum atomic E-state index is -3.63. The van der Waals surface area contributed by atoms with Crippen molar-refractivity contribution in [2.75, 3.05) is 38.7 Å². The van der Waals surface area contributed by atoms with Gasteiger partial charge in [0.2, 0.25) is 10.0 Å². The van der Waals surface area contributed by atoms with Gasteiger partial charge in [-0.1, -0.05) is 19.9 Å². The number of hydrogen-bond donors (Lipinski definition) is 2. The number of benzene rings is 1. The molecule has 9 heteroatoms. The molecule has 0 saturated heterocycles. The Balaban J connectivity index is 2.78. The van der Waals surface area contributed by atoms with Crippen LogP contribution in [0.15, 0.2) is 29.2 Å². The van der Waals surface area contributed by atoms with Crippen LogP contribution in [0.25, 0.3) is 0 Å². The number of ether oxygens (including phenoxy) is 1. The van der Waals surface area contributed by atoms with Gasteiger partial charge in [0.15, 0.2) is 0 Å². The number of carbonyl (C=O) groups excluding carboxylic acids is 2. The van der Waals surface area contributed by atoms with Gasteiger partial charge in [-0.25, -0.2) is 8.42 Å². The fraction of sp³-hybridized carbons (Fsp3) is 0.500. The zero-order chi connectivity index (χ0) is 18.9. The topological polar surface area (TPSA) is 105 Å². The van der Waals surface area contributed by atoms with E-state index in [9.17, 15) is 18.0 Å². The molecule has 0 saturated carbocycles. The molecule has 2 N–H and O–H groups in total. The van der Waals surface area contributed by atoms with Crippen molar-refractivity contribution in [3.63, 3.8) is 0 Å². The second-order valence-corrected chi connectivity index (χ2v) is 7.11. The van der Waals surface area contributed by atoms with Crippen molar-refractivity contribution in [1.82, 2.24) is 9.62 Å². The summed E-state index contributed by atoms with van der Waals surface area (Å²) in [6.07, 6.45) is 0.590. The van der Waals surface area contributed by atoms with Crippen LogP contribution in [0.2, 0.25) is 0 Å². The van der Waals surface area contributed by atoms with Crippen molar-refractivity contribution in [3.8, 4) is 0 Å². The normalized spacial score (nSPS) is 11.4. The highest BCUT2D eigenvalue weighted by atomic mass is 32.2. The largest absolute Gasteiger partial charge is 0.385 e. The number of rotatable bonds is 9. The Morgan fingerprint density at radius 3 is 2.44 bits per heavy atom. The predicted octanol–water partition coefficient (Wildman–Crippen LogP) is 0.808. The molecule has 140 valence electrons. The average molecular weight is 371 g/mol. The number of methoxy groups -OCH3 is 1. The van der Waals surface area contributed by atoms with Crippen LogP contribution < -0.4 is 10.6 Å². The van der Waals surface area contributed by atoms with Crippen LogP contribution in [0, 0.1) is 0 Å². The molecule has 0 fully saturated rings. The third-order valence-corrected chi connectivity index (χ3v) is 5.50. The van der Waals surface area contributed by atoms with E-state index in [1.165, 1.54) is 28.6 Å². The van der Waals surface area contributed by atoms with Crippen LogP contribution >= 0.6 is 0 Å². The van der Waals surface area contributed by atoms with Gasteiger partial charge in [-0.05, 0) is 24.6 Å². The smallest absolute Gasteiger partial charge is 0.313 e. The molecule has 25 heavy (non-hydrogen) atoms. The van der Waals surface area contributed by atoms with Crippen LogP contribution in [-0.4, -0.2) is 57.9 Å². The lowest BCUT2D eigenvalue weighted by molar-refractivity contribution is -0.136. The minimum Gasteiger partial charge on any atom is -0.385 e. The Labute approximate surface area is 148 Å². The van der Waals surface area contributed by atoms with Crippen LogP contribution in [0.4, 0.5) is 5.69 Å². The van der Waals surface area contributed by atoms with E-state index in [4.69, 9.17) is 4.74 Å². The molecular formula is C16H25N3O5S. The Kier molecular flexibility index (Phi) is 8.53. The lowest BCUT2D eigenvalue weighted by Crippen LogP contribution is -2.36. The fourth-order valence-electron chi connectivity index (χ4n) is 2.13. The fourth-order valence-corrected chi connectivity index (χ4v) is 3.64. The second-order valence-electron chi connectivity index (χ2n) is 5.17. The maximum Gasteiger partial charge on any atom is 0.313 e. The zero-order valence-electron chi connectivity index (χ0n) is 14.7. The van der Waals surface area contributed by atoms with Gasteiger partial charge in [0.05, 0.1) is 4.90 Å². The molecule has 0 aliphatic heterocycles. The summed E-state index contributed by atoms with van der Waals surface area (Å²) in [5.74, 6) is -1.64.